The van der Waals surface area contributed by atoms with Crippen molar-refractivity contribution >= 4 is 5.78 Å². The molecule has 0 saturated carbocycles. The highest BCUT2D eigenvalue weighted by Gasteiger charge is 2.14. The molecule has 2 aromatic rings. The van der Waals surface area contributed by atoms with E-state index >= 15 is 0 Å². The molecule has 0 saturated heterocycles. The summed E-state index contributed by atoms with van der Waals surface area (Å²) >= 11 is 0. The summed E-state index contributed by atoms with van der Waals surface area (Å²) in [7, 11) is 0. The van der Waals surface area contributed by atoms with Crippen molar-refractivity contribution in [1.29, 1.82) is 0 Å². The lowest BCUT2D eigenvalue weighted by Crippen LogP contribution is -2.06. The largest absolute Gasteiger partial charge is 0.337 e. The lowest BCUT2D eigenvalue weighted by molar-refractivity contribution is -0.207. The van der Waals surface area contributed by atoms with Crippen molar-refractivity contribution in [3.8, 4) is 5.75 Å². The van der Waals surface area contributed by atoms with Gasteiger partial charge < -0.3 is 4.89 Å². The molecule has 0 aromatic heterocycles. The molecule has 3 nitrogen and oxygen atoms in total. The monoisotopic (exact) mass is 270 g/mol. The van der Waals surface area contributed by atoms with Crippen LogP contribution in [-0.2, 0) is 4.89 Å². The predicted molar refractivity (Wildman–Crippen MR) is 77.8 cm³/mol. The van der Waals surface area contributed by atoms with Gasteiger partial charge >= 0.3 is 0 Å². The van der Waals surface area contributed by atoms with Crippen molar-refractivity contribution in [3.63, 3.8) is 0 Å². The van der Waals surface area contributed by atoms with Gasteiger partial charge in [-0.25, -0.2) is 0 Å². The number of para-hydroxylation sites is 1. The fourth-order valence-electron chi connectivity index (χ4n) is 1.78. The van der Waals surface area contributed by atoms with Crippen LogP contribution in [0.15, 0.2) is 54.6 Å². The number of rotatable bonds is 7. The summed E-state index contributed by atoms with van der Waals surface area (Å²) in [6.07, 6.45) is 1.96. The zero-order chi connectivity index (χ0) is 14.2. The molecule has 0 spiro atoms. The quantitative estimate of drug-likeness (QED) is 0.330. The molecule has 0 aliphatic rings. The van der Waals surface area contributed by atoms with Crippen molar-refractivity contribution in [2.24, 2.45) is 0 Å². The van der Waals surface area contributed by atoms with Crippen LogP contribution in [0.5, 0.6) is 5.75 Å². The first-order chi connectivity index (χ1) is 9.83. The van der Waals surface area contributed by atoms with E-state index in [4.69, 9.17) is 9.78 Å². The summed E-state index contributed by atoms with van der Waals surface area (Å²) in [5, 5.41) is 0. The molecule has 3 heteroatoms. The van der Waals surface area contributed by atoms with E-state index in [0.29, 0.717) is 23.5 Å². The molecule has 20 heavy (non-hydrogen) atoms. The maximum atomic E-state index is 12.4. The Morgan fingerprint density at radius 2 is 1.70 bits per heavy atom. The maximum absolute atomic E-state index is 12.4. The summed E-state index contributed by atoms with van der Waals surface area (Å²) in [5.41, 5.74) is 1.15. The van der Waals surface area contributed by atoms with Crippen LogP contribution < -0.4 is 4.89 Å². The first-order valence-electron chi connectivity index (χ1n) is 6.81. The van der Waals surface area contributed by atoms with Crippen molar-refractivity contribution < 1.29 is 14.6 Å². The molecule has 0 aliphatic carbocycles. The van der Waals surface area contributed by atoms with Gasteiger partial charge in [0, 0.05) is 5.56 Å². The lowest BCUT2D eigenvalue weighted by Gasteiger charge is -2.09. The number of benzene rings is 2. The lowest BCUT2D eigenvalue weighted by atomic mass is 10.0. The summed E-state index contributed by atoms with van der Waals surface area (Å²) in [6.45, 7) is 2.60. The molecule has 0 fully saturated rings. The standard InChI is InChI=1S/C17H18O3/c1-2-3-13-19-20-16-12-8-7-11-15(16)17(18)14-9-5-4-6-10-14/h4-12H,2-3,13H2,1H3. The van der Waals surface area contributed by atoms with Gasteiger partial charge in [0.25, 0.3) is 0 Å². The number of carbonyl (C=O) groups is 1. The number of hydrogen-bond donors (Lipinski definition) is 0. The number of unbranched alkanes of at least 4 members (excludes halogenated alkanes) is 1. The second-order valence-electron chi connectivity index (χ2n) is 4.45. The van der Waals surface area contributed by atoms with Crippen molar-refractivity contribution in [1.82, 2.24) is 0 Å². The van der Waals surface area contributed by atoms with Crippen LogP contribution in [-0.4, -0.2) is 12.4 Å². The Bertz CT molecular complexity index is 549. The Labute approximate surface area is 119 Å². The minimum atomic E-state index is -0.0692. The van der Waals surface area contributed by atoms with E-state index in [-0.39, 0.29) is 5.78 Å². The van der Waals surface area contributed by atoms with E-state index in [1.807, 2.05) is 30.3 Å². The SMILES string of the molecule is CCCCOOc1ccccc1C(=O)c1ccccc1. The Hall–Kier alpha value is -2.13. The fraction of sp³-hybridized carbons (Fsp3) is 0.235. The molecule has 0 radical (unpaired) electrons. The first kappa shape index (κ1) is 14.3. The van der Waals surface area contributed by atoms with Crippen molar-refractivity contribution in [2.75, 3.05) is 6.61 Å². The van der Waals surface area contributed by atoms with E-state index in [9.17, 15) is 4.79 Å². The molecule has 0 N–H and O–H groups in total. The third-order valence-electron chi connectivity index (χ3n) is 2.90. The van der Waals surface area contributed by atoms with Crippen molar-refractivity contribution in [3.05, 3.63) is 65.7 Å². The highest BCUT2D eigenvalue weighted by Crippen LogP contribution is 2.21. The average molecular weight is 270 g/mol. The van der Waals surface area contributed by atoms with Gasteiger partial charge in [0.15, 0.2) is 11.5 Å². The van der Waals surface area contributed by atoms with Gasteiger partial charge in [-0.15, -0.1) is 0 Å². The zero-order valence-corrected chi connectivity index (χ0v) is 11.5. The number of ketones is 1. The summed E-state index contributed by atoms with van der Waals surface area (Å²) in [5.74, 6) is 0.387. The molecule has 0 amide bonds. The minimum absolute atomic E-state index is 0.0692. The molecule has 0 unspecified atom stereocenters. The maximum Gasteiger partial charge on any atom is 0.196 e. The number of carbonyl (C=O) groups excluding carboxylic acids is 1. The van der Waals surface area contributed by atoms with E-state index in [1.54, 1.807) is 24.3 Å². The van der Waals surface area contributed by atoms with E-state index < -0.39 is 0 Å². The van der Waals surface area contributed by atoms with Crippen LogP contribution in [0.25, 0.3) is 0 Å². The Balaban J connectivity index is 2.13. The van der Waals surface area contributed by atoms with Crippen molar-refractivity contribution in [2.45, 2.75) is 19.8 Å². The van der Waals surface area contributed by atoms with Gasteiger partial charge in [0.05, 0.1) is 12.2 Å². The van der Waals surface area contributed by atoms with Gasteiger partial charge in [0.1, 0.15) is 0 Å². The Morgan fingerprint density at radius 1 is 1.00 bits per heavy atom. The number of hydrogen-bond acceptors (Lipinski definition) is 3. The molecule has 0 aliphatic heterocycles. The van der Waals surface area contributed by atoms with E-state index in [0.717, 1.165) is 12.8 Å². The second kappa shape index (κ2) is 7.46. The minimum Gasteiger partial charge on any atom is -0.337 e. The van der Waals surface area contributed by atoms with Crippen LogP contribution in [0.3, 0.4) is 0 Å². The van der Waals surface area contributed by atoms with Crippen LogP contribution in [0.4, 0.5) is 0 Å². The summed E-state index contributed by atoms with van der Waals surface area (Å²) in [4.78, 5) is 22.8. The molecule has 104 valence electrons. The molecular weight excluding hydrogens is 252 g/mol. The Kier molecular flexibility index (Phi) is 5.33. The molecule has 2 aromatic carbocycles. The normalized spacial score (nSPS) is 10.2. The third kappa shape index (κ3) is 3.68. The van der Waals surface area contributed by atoms with Crippen LogP contribution in [0.1, 0.15) is 35.7 Å². The van der Waals surface area contributed by atoms with Crippen LogP contribution >= 0.6 is 0 Å². The van der Waals surface area contributed by atoms with Crippen LogP contribution in [0, 0.1) is 0 Å². The smallest absolute Gasteiger partial charge is 0.196 e. The van der Waals surface area contributed by atoms with Gasteiger partial charge in [0.2, 0.25) is 0 Å². The first-order valence-corrected chi connectivity index (χ1v) is 6.81. The molecular formula is C17H18O3. The summed E-state index contributed by atoms with van der Waals surface area (Å²) < 4.78 is 0. The Morgan fingerprint density at radius 3 is 2.45 bits per heavy atom. The van der Waals surface area contributed by atoms with E-state index in [2.05, 4.69) is 6.92 Å². The molecule has 0 heterocycles. The highest BCUT2D eigenvalue weighted by atomic mass is 17.2. The topological polar surface area (TPSA) is 35.5 Å². The molecule has 0 bridgehead atoms. The van der Waals surface area contributed by atoms with E-state index in [1.165, 1.54) is 0 Å². The molecule has 0 atom stereocenters. The highest BCUT2D eigenvalue weighted by molar-refractivity contribution is 6.10. The molecule has 2 rings (SSSR count). The average Bonchev–Trinajstić information content (AvgIpc) is 2.52. The zero-order valence-electron chi connectivity index (χ0n) is 11.5. The predicted octanol–water partition coefficient (Wildman–Crippen LogP) is 4.03. The van der Waals surface area contributed by atoms with Crippen LogP contribution in [0.2, 0.25) is 0 Å². The van der Waals surface area contributed by atoms with Gasteiger partial charge in [-0.2, -0.15) is 4.89 Å². The third-order valence-corrected chi connectivity index (χ3v) is 2.90. The second-order valence-corrected chi connectivity index (χ2v) is 4.45. The van der Waals surface area contributed by atoms with Gasteiger partial charge in [-0.3, -0.25) is 4.79 Å². The fourth-order valence-corrected chi connectivity index (χ4v) is 1.78. The summed E-state index contributed by atoms with van der Waals surface area (Å²) in [6, 6.07) is 16.3. The van der Waals surface area contributed by atoms with Gasteiger partial charge in [-0.05, 0) is 18.6 Å². The van der Waals surface area contributed by atoms with Gasteiger partial charge in [-0.1, -0.05) is 55.8 Å².